The molecule has 0 bridgehead atoms. The van der Waals surface area contributed by atoms with Crippen molar-refractivity contribution in [3.8, 4) is 5.75 Å². The topological polar surface area (TPSA) is 21.3 Å². The minimum atomic E-state index is 0. The second kappa shape index (κ2) is 9.40. The molecule has 2 rings (SSSR count). The zero-order chi connectivity index (χ0) is 13.3. The maximum Gasteiger partial charge on any atom is 0.122 e. The third kappa shape index (κ3) is 5.24. The summed E-state index contributed by atoms with van der Waals surface area (Å²) in [5.41, 5.74) is 2.55. The molecule has 108 valence electrons. The monoisotopic (exact) mass is 291 g/mol. The minimum absolute atomic E-state index is 0. The summed E-state index contributed by atoms with van der Waals surface area (Å²) in [6.45, 7) is 4.67. The van der Waals surface area contributed by atoms with Gasteiger partial charge in [-0.3, -0.25) is 0 Å². The summed E-state index contributed by atoms with van der Waals surface area (Å²) in [7, 11) is 0. The van der Waals surface area contributed by atoms with Gasteiger partial charge in [0.2, 0.25) is 0 Å². The van der Waals surface area contributed by atoms with Gasteiger partial charge in [0.05, 0.1) is 0 Å². The quantitative estimate of drug-likeness (QED) is 0.786. The fourth-order valence-electron chi connectivity index (χ4n) is 2.02. The van der Waals surface area contributed by atoms with Gasteiger partial charge in [0.15, 0.2) is 0 Å². The van der Waals surface area contributed by atoms with Crippen molar-refractivity contribution < 1.29 is 4.74 Å². The van der Waals surface area contributed by atoms with E-state index < -0.39 is 0 Å². The van der Waals surface area contributed by atoms with Crippen LogP contribution in [-0.2, 0) is 6.42 Å². The van der Waals surface area contributed by atoms with E-state index >= 15 is 0 Å². The van der Waals surface area contributed by atoms with Gasteiger partial charge in [0.1, 0.15) is 12.4 Å². The third-order valence-electron chi connectivity index (χ3n) is 3.00. The Morgan fingerprint density at radius 2 is 1.65 bits per heavy atom. The number of para-hydroxylation sites is 1. The predicted octanol–water partition coefficient (Wildman–Crippen LogP) is 3.69. The SMILES string of the molecule is CCNCCOc1ccccc1Cc1ccccc1.Cl. The number of nitrogens with one attached hydrogen (secondary N) is 1. The van der Waals surface area contributed by atoms with E-state index in [4.69, 9.17) is 4.74 Å². The maximum absolute atomic E-state index is 5.85. The van der Waals surface area contributed by atoms with Gasteiger partial charge in [0, 0.05) is 13.0 Å². The second-order valence-corrected chi connectivity index (χ2v) is 4.47. The van der Waals surface area contributed by atoms with E-state index in [-0.39, 0.29) is 12.4 Å². The van der Waals surface area contributed by atoms with E-state index in [9.17, 15) is 0 Å². The first-order valence-electron chi connectivity index (χ1n) is 6.85. The molecule has 0 aliphatic carbocycles. The molecule has 20 heavy (non-hydrogen) atoms. The summed E-state index contributed by atoms with van der Waals surface area (Å²) >= 11 is 0. The molecule has 0 atom stereocenters. The number of likely N-dealkylation sites (N-methyl/N-ethyl adjacent to an activating group) is 1. The van der Waals surface area contributed by atoms with Crippen LogP contribution in [0.5, 0.6) is 5.75 Å². The fraction of sp³-hybridized carbons (Fsp3) is 0.294. The van der Waals surface area contributed by atoms with Crippen molar-refractivity contribution in [1.29, 1.82) is 0 Å². The Morgan fingerprint density at radius 1 is 0.950 bits per heavy atom. The number of hydrogen-bond donors (Lipinski definition) is 1. The van der Waals surface area contributed by atoms with Crippen LogP contribution >= 0.6 is 12.4 Å². The molecule has 0 radical (unpaired) electrons. The minimum Gasteiger partial charge on any atom is -0.492 e. The van der Waals surface area contributed by atoms with E-state index in [1.807, 2.05) is 18.2 Å². The molecule has 0 saturated heterocycles. The Bertz CT molecular complexity index is 487. The van der Waals surface area contributed by atoms with Crippen LogP contribution in [0.1, 0.15) is 18.1 Å². The van der Waals surface area contributed by atoms with Gasteiger partial charge >= 0.3 is 0 Å². The van der Waals surface area contributed by atoms with Crippen molar-refractivity contribution in [2.24, 2.45) is 0 Å². The average Bonchev–Trinajstić information content (AvgIpc) is 2.46. The summed E-state index contributed by atoms with van der Waals surface area (Å²) in [5.74, 6) is 0.990. The molecular weight excluding hydrogens is 270 g/mol. The Hall–Kier alpha value is -1.51. The fourth-order valence-corrected chi connectivity index (χ4v) is 2.02. The van der Waals surface area contributed by atoms with Gasteiger partial charge in [-0.1, -0.05) is 55.5 Å². The van der Waals surface area contributed by atoms with Crippen molar-refractivity contribution in [2.45, 2.75) is 13.3 Å². The number of halogens is 1. The van der Waals surface area contributed by atoms with Gasteiger partial charge in [-0.15, -0.1) is 12.4 Å². The standard InChI is InChI=1S/C17H21NO.ClH/c1-2-18-12-13-19-17-11-7-6-10-16(17)14-15-8-4-3-5-9-15;/h3-11,18H,2,12-14H2,1H3;1H. The molecule has 0 aliphatic heterocycles. The maximum atomic E-state index is 5.85. The van der Waals surface area contributed by atoms with Crippen molar-refractivity contribution in [2.75, 3.05) is 19.7 Å². The van der Waals surface area contributed by atoms with E-state index in [1.54, 1.807) is 0 Å². The first kappa shape index (κ1) is 16.5. The Kier molecular flexibility index (Phi) is 7.78. The summed E-state index contributed by atoms with van der Waals surface area (Å²) < 4.78 is 5.85. The van der Waals surface area contributed by atoms with Crippen LogP contribution in [0.2, 0.25) is 0 Å². The number of rotatable bonds is 7. The molecule has 0 fully saturated rings. The van der Waals surface area contributed by atoms with Crippen LogP contribution < -0.4 is 10.1 Å². The third-order valence-corrected chi connectivity index (χ3v) is 3.00. The number of hydrogen-bond acceptors (Lipinski definition) is 2. The molecule has 2 nitrogen and oxygen atoms in total. The largest absolute Gasteiger partial charge is 0.492 e. The first-order chi connectivity index (χ1) is 9.40. The zero-order valence-corrected chi connectivity index (χ0v) is 12.7. The molecule has 3 heteroatoms. The Labute approximate surface area is 127 Å². The molecule has 0 amide bonds. The van der Waals surface area contributed by atoms with Gasteiger partial charge in [-0.2, -0.15) is 0 Å². The summed E-state index contributed by atoms with van der Waals surface area (Å²) in [6, 6.07) is 18.8. The average molecular weight is 292 g/mol. The van der Waals surface area contributed by atoms with Crippen molar-refractivity contribution in [3.63, 3.8) is 0 Å². The van der Waals surface area contributed by atoms with Crippen LogP contribution in [0.3, 0.4) is 0 Å². The number of benzene rings is 2. The molecule has 2 aromatic carbocycles. The highest BCUT2D eigenvalue weighted by atomic mass is 35.5. The van der Waals surface area contributed by atoms with Gasteiger partial charge in [-0.05, 0) is 23.7 Å². The van der Waals surface area contributed by atoms with Crippen LogP contribution in [0.25, 0.3) is 0 Å². The van der Waals surface area contributed by atoms with Crippen LogP contribution in [-0.4, -0.2) is 19.7 Å². The number of ether oxygens (including phenoxy) is 1. The van der Waals surface area contributed by atoms with E-state index in [2.05, 4.69) is 48.6 Å². The molecule has 0 saturated carbocycles. The lowest BCUT2D eigenvalue weighted by atomic mass is 10.0. The van der Waals surface area contributed by atoms with Gasteiger partial charge < -0.3 is 10.1 Å². The Morgan fingerprint density at radius 3 is 2.40 bits per heavy atom. The smallest absolute Gasteiger partial charge is 0.122 e. The highest BCUT2D eigenvalue weighted by Crippen LogP contribution is 2.21. The van der Waals surface area contributed by atoms with E-state index in [0.717, 1.165) is 25.3 Å². The first-order valence-corrected chi connectivity index (χ1v) is 6.85. The van der Waals surface area contributed by atoms with Gasteiger partial charge in [0.25, 0.3) is 0 Å². The zero-order valence-electron chi connectivity index (χ0n) is 11.8. The normalized spacial score (nSPS) is 9.85. The van der Waals surface area contributed by atoms with Crippen molar-refractivity contribution in [3.05, 3.63) is 65.7 Å². The summed E-state index contributed by atoms with van der Waals surface area (Å²) in [6.07, 6.45) is 0.915. The van der Waals surface area contributed by atoms with E-state index in [1.165, 1.54) is 11.1 Å². The molecule has 0 aliphatic rings. The molecule has 0 heterocycles. The lowest BCUT2D eigenvalue weighted by Crippen LogP contribution is -2.20. The van der Waals surface area contributed by atoms with E-state index in [0.29, 0.717) is 6.61 Å². The van der Waals surface area contributed by atoms with Crippen LogP contribution in [0.15, 0.2) is 54.6 Å². The summed E-state index contributed by atoms with van der Waals surface area (Å²) in [5, 5.41) is 3.26. The predicted molar refractivity (Wildman–Crippen MR) is 87.0 cm³/mol. The highest BCUT2D eigenvalue weighted by molar-refractivity contribution is 5.85. The lowest BCUT2D eigenvalue weighted by Gasteiger charge is -2.11. The second-order valence-electron chi connectivity index (χ2n) is 4.47. The van der Waals surface area contributed by atoms with Crippen molar-refractivity contribution >= 4 is 12.4 Å². The molecule has 1 N–H and O–H groups in total. The van der Waals surface area contributed by atoms with Gasteiger partial charge in [-0.25, -0.2) is 0 Å². The van der Waals surface area contributed by atoms with Crippen LogP contribution in [0.4, 0.5) is 0 Å². The Balaban J connectivity index is 0.00000200. The molecule has 0 unspecified atom stereocenters. The molecular formula is C17H22ClNO. The highest BCUT2D eigenvalue weighted by Gasteiger charge is 2.03. The molecule has 0 spiro atoms. The summed E-state index contributed by atoms with van der Waals surface area (Å²) in [4.78, 5) is 0. The molecule has 2 aromatic rings. The van der Waals surface area contributed by atoms with Crippen LogP contribution in [0, 0.1) is 0 Å². The van der Waals surface area contributed by atoms with Crippen molar-refractivity contribution in [1.82, 2.24) is 5.32 Å². The lowest BCUT2D eigenvalue weighted by molar-refractivity contribution is 0.313. The molecule has 0 aromatic heterocycles.